The number of hydrogen-bond donors (Lipinski definition) is 0. The molecule has 1 aromatic rings. The highest BCUT2D eigenvalue weighted by Gasteiger charge is 2.21. The van der Waals surface area contributed by atoms with Crippen LogP contribution in [0, 0.1) is 22.0 Å². The summed E-state index contributed by atoms with van der Waals surface area (Å²) in [7, 11) is -0.668. The predicted octanol–water partition coefficient (Wildman–Crippen LogP) is 6.55. The lowest BCUT2D eigenvalue weighted by Gasteiger charge is -2.35. The van der Waals surface area contributed by atoms with Crippen LogP contribution in [0.15, 0.2) is 18.2 Å². The zero-order chi connectivity index (χ0) is 23.9. The fourth-order valence-electron chi connectivity index (χ4n) is 3.67. The lowest BCUT2D eigenvalue weighted by atomic mass is 10.1. The van der Waals surface area contributed by atoms with E-state index in [0.29, 0.717) is 43.9 Å². The highest BCUT2D eigenvalue weighted by atomic mass is 31.2. The normalized spacial score (nSPS) is 12.3. The first-order chi connectivity index (χ1) is 15.3. The molecule has 0 bridgehead atoms. The average Bonchev–Trinajstić information content (AvgIpc) is 2.72. The van der Waals surface area contributed by atoms with Crippen molar-refractivity contribution < 1.29 is 14.2 Å². The van der Waals surface area contributed by atoms with Gasteiger partial charge in [-0.3, -0.25) is 14.8 Å². The standard InChI is InChI=1S/C25H41N2O4P/c1-7-8-9-10-11-12-13-23-14-15-25(27(28)29)24(20-23)16-17-30-18-19-31-32(6)26(21(2)3)22(4)5/h14-15,20-22H,7-11,16-19H2,1-6H3. The van der Waals surface area contributed by atoms with Gasteiger partial charge in [0.05, 0.1) is 24.7 Å². The maximum Gasteiger partial charge on any atom is 0.272 e. The summed E-state index contributed by atoms with van der Waals surface area (Å²) in [5, 5.41) is 11.4. The van der Waals surface area contributed by atoms with Crippen LogP contribution in [0.1, 0.15) is 77.8 Å². The summed E-state index contributed by atoms with van der Waals surface area (Å²) in [5.41, 5.74) is 1.61. The van der Waals surface area contributed by atoms with E-state index in [2.05, 4.69) is 57.8 Å². The molecule has 0 radical (unpaired) electrons. The van der Waals surface area contributed by atoms with Gasteiger partial charge in [0.1, 0.15) is 8.30 Å². The first-order valence-electron chi connectivity index (χ1n) is 11.8. The largest absolute Gasteiger partial charge is 0.379 e. The van der Waals surface area contributed by atoms with Gasteiger partial charge >= 0.3 is 0 Å². The van der Waals surface area contributed by atoms with E-state index in [1.54, 1.807) is 12.1 Å². The third kappa shape index (κ3) is 10.9. The molecule has 0 saturated heterocycles. The molecule has 1 atom stereocenters. The van der Waals surface area contributed by atoms with Crippen LogP contribution in [-0.4, -0.2) is 48.2 Å². The van der Waals surface area contributed by atoms with Crippen molar-refractivity contribution >= 4 is 14.0 Å². The highest BCUT2D eigenvalue weighted by molar-refractivity contribution is 7.49. The van der Waals surface area contributed by atoms with Gasteiger partial charge in [0.25, 0.3) is 5.69 Å². The molecule has 180 valence electrons. The molecule has 0 aliphatic heterocycles. The van der Waals surface area contributed by atoms with Gasteiger partial charge in [-0.15, -0.1) is 0 Å². The maximum absolute atomic E-state index is 11.4. The SMILES string of the molecule is CCCCCCC#Cc1ccc([N+](=O)[O-])c(CCOCCOP(C)N(C(C)C)C(C)C)c1. The molecule has 0 aliphatic carbocycles. The van der Waals surface area contributed by atoms with E-state index in [0.717, 1.165) is 18.4 Å². The molecule has 7 heteroatoms. The van der Waals surface area contributed by atoms with Gasteiger partial charge in [-0.25, -0.2) is 0 Å². The molecule has 0 aliphatic rings. The second-order valence-corrected chi connectivity index (χ2v) is 10.1. The average molecular weight is 465 g/mol. The molecule has 1 rings (SSSR count). The molecule has 0 heterocycles. The van der Waals surface area contributed by atoms with Gasteiger partial charge in [0.15, 0.2) is 0 Å². The third-order valence-electron chi connectivity index (χ3n) is 5.07. The fourth-order valence-corrected chi connectivity index (χ4v) is 5.45. The summed E-state index contributed by atoms with van der Waals surface area (Å²) in [6.45, 7) is 14.4. The Morgan fingerprint density at radius 1 is 1.09 bits per heavy atom. The number of nitrogens with zero attached hydrogens (tertiary/aromatic N) is 2. The minimum atomic E-state index is -0.668. The van der Waals surface area contributed by atoms with Crippen molar-refractivity contribution in [3.05, 3.63) is 39.4 Å². The highest BCUT2D eigenvalue weighted by Crippen LogP contribution is 2.40. The van der Waals surface area contributed by atoms with E-state index in [-0.39, 0.29) is 10.6 Å². The Bertz CT molecular complexity index is 735. The Morgan fingerprint density at radius 2 is 1.81 bits per heavy atom. The Labute approximate surface area is 196 Å². The summed E-state index contributed by atoms with van der Waals surface area (Å²) in [6, 6.07) is 5.97. The number of nitro benzene ring substituents is 1. The van der Waals surface area contributed by atoms with Gasteiger partial charge in [-0.1, -0.05) is 38.0 Å². The number of unbranched alkanes of at least 4 members (excludes halogenated alkanes) is 4. The van der Waals surface area contributed by atoms with Crippen LogP contribution < -0.4 is 0 Å². The van der Waals surface area contributed by atoms with Crippen LogP contribution in [0.3, 0.4) is 0 Å². The van der Waals surface area contributed by atoms with Crippen molar-refractivity contribution in [2.75, 3.05) is 26.5 Å². The number of ether oxygens (including phenoxy) is 1. The molecule has 0 aromatic heterocycles. The maximum atomic E-state index is 11.4. The van der Waals surface area contributed by atoms with Gasteiger partial charge < -0.3 is 9.26 Å². The zero-order valence-corrected chi connectivity index (χ0v) is 21.6. The first-order valence-corrected chi connectivity index (χ1v) is 13.4. The van der Waals surface area contributed by atoms with E-state index in [9.17, 15) is 10.1 Å². The quantitative estimate of drug-likeness (QED) is 0.0968. The van der Waals surface area contributed by atoms with E-state index < -0.39 is 8.30 Å². The first kappa shape index (κ1) is 28.5. The lowest BCUT2D eigenvalue weighted by Crippen LogP contribution is -2.32. The summed E-state index contributed by atoms with van der Waals surface area (Å²) >= 11 is 0. The predicted molar refractivity (Wildman–Crippen MR) is 134 cm³/mol. The Kier molecular flexibility index (Phi) is 14.4. The van der Waals surface area contributed by atoms with Gasteiger partial charge in [0, 0.05) is 42.1 Å². The van der Waals surface area contributed by atoms with Crippen molar-refractivity contribution in [1.29, 1.82) is 0 Å². The third-order valence-corrected chi connectivity index (χ3v) is 7.20. The Balaban J connectivity index is 2.51. The van der Waals surface area contributed by atoms with Crippen LogP contribution in [-0.2, 0) is 15.7 Å². The van der Waals surface area contributed by atoms with Crippen LogP contribution in [0.4, 0.5) is 5.69 Å². The van der Waals surface area contributed by atoms with E-state index in [4.69, 9.17) is 9.26 Å². The Hall–Kier alpha value is -1.51. The summed E-state index contributed by atoms with van der Waals surface area (Å²) in [5.74, 6) is 6.33. The van der Waals surface area contributed by atoms with Crippen molar-refractivity contribution in [1.82, 2.24) is 4.67 Å². The monoisotopic (exact) mass is 464 g/mol. The minimum Gasteiger partial charge on any atom is -0.379 e. The minimum absolute atomic E-state index is 0.125. The fraction of sp³-hybridized carbons (Fsp3) is 0.680. The molecule has 0 N–H and O–H groups in total. The zero-order valence-electron chi connectivity index (χ0n) is 20.7. The molecule has 1 unspecified atom stereocenters. The topological polar surface area (TPSA) is 64.8 Å². The second kappa shape index (κ2) is 16.2. The summed E-state index contributed by atoms with van der Waals surface area (Å²) in [4.78, 5) is 11.0. The van der Waals surface area contributed by atoms with E-state index in [1.807, 2.05) is 6.07 Å². The number of rotatable bonds is 15. The molecule has 6 nitrogen and oxygen atoms in total. The van der Waals surface area contributed by atoms with Gasteiger partial charge in [-0.2, -0.15) is 0 Å². The van der Waals surface area contributed by atoms with Crippen LogP contribution in [0.5, 0.6) is 0 Å². The number of nitro groups is 1. The van der Waals surface area contributed by atoms with Gasteiger partial charge in [-0.05, 0) is 52.9 Å². The summed E-state index contributed by atoms with van der Waals surface area (Å²) in [6.07, 6.45) is 6.09. The van der Waals surface area contributed by atoms with E-state index in [1.165, 1.54) is 19.3 Å². The molecule has 0 amide bonds. The Morgan fingerprint density at radius 3 is 2.44 bits per heavy atom. The second-order valence-electron chi connectivity index (χ2n) is 8.44. The molecule has 32 heavy (non-hydrogen) atoms. The number of benzene rings is 1. The van der Waals surface area contributed by atoms with Crippen molar-refractivity contribution in [3.8, 4) is 11.8 Å². The molecule has 0 fully saturated rings. The molecule has 1 aromatic carbocycles. The van der Waals surface area contributed by atoms with Crippen molar-refractivity contribution in [2.45, 2.75) is 85.2 Å². The van der Waals surface area contributed by atoms with Crippen molar-refractivity contribution in [2.24, 2.45) is 0 Å². The molecular formula is C25H41N2O4P. The van der Waals surface area contributed by atoms with Crippen LogP contribution >= 0.6 is 8.30 Å². The van der Waals surface area contributed by atoms with Gasteiger partial charge in [0.2, 0.25) is 0 Å². The van der Waals surface area contributed by atoms with Crippen molar-refractivity contribution in [3.63, 3.8) is 0 Å². The lowest BCUT2D eigenvalue weighted by molar-refractivity contribution is -0.385. The smallest absolute Gasteiger partial charge is 0.272 e. The molecule has 0 saturated carbocycles. The van der Waals surface area contributed by atoms with Crippen LogP contribution in [0.2, 0.25) is 0 Å². The molecular weight excluding hydrogens is 423 g/mol. The van der Waals surface area contributed by atoms with Crippen LogP contribution in [0.25, 0.3) is 0 Å². The number of hydrogen-bond acceptors (Lipinski definition) is 5. The van der Waals surface area contributed by atoms with E-state index >= 15 is 0 Å². The summed E-state index contributed by atoms with van der Waals surface area (Å²) < 4.78 is 14.1. The molecule has 0 spiro atoms.